The topological polar surface area (TPSA) is 179 Å². The lowest BCUT2D eigenvalue weighted by atomic mass is 9.55. The number of piperidine rings is 1. The van der Waals surface area contributed by atoms with Gasteiger partial charge in [-0.3, -0.25) is 43.7 Å². The Morgan fingerprint density at radius 1 is 0.892 bits per heavy atom. The molecule has 2 saturated carbocycles. The van der Waals surface area contributed by atoms with Gasteiger partial charge in [0, 0.05) is 48.3 Å². The van der Waals surface area contributed by atoms with Crippen molar-refractivity contribution in [2.24, 2.45) is 13.0 Å². The number of imide groups is 1. The Hall–Kier alpha value is -5.09. The molecule has 4 fully saturated rings. The number of ether oxygens (including phenoxy) is 2. The second kappa shape index (κ2) is 18.3. The number of halogens is 3. The molecule has 14 nitrogen and oxygen atoms in total. The number of nitrogens with one attached hydrogen (secondary N) is 4. The number of carbonyl (C=O) groups is 5. The molecule has 3 aliphatic heterocycles. The largest absolute Gasteiger partial charge is 0.463 e. The SMILES string of the molecule is Cn1c(=O)n(C2CCC(=O)NC2=O)c2ccc(CCCOCCOC(=O)C3CCC(NC(=O)[C@@H]4NC5(CCCCC5)[C@@]5(C(=O)Nc6cc(Cl)ccc65)[C@H]4c4cccc(Cl)c4F)CC3)cc21. The first-order valence-electron chi connectivity index (χ1n) is 22.7. The predicted molar refractivity (Wildman–Crippen MR) is 241 cm³/mol. The van der Waals surface area contributed by atoms with Gasteiger partial charge in [0.05, 0.1) is 34.6 Å². The van der Waals surface area contributed by atoms with Crippen molar-refractivity contribution < 1.29 is 37.8 Å². The first-order valence-corrected chi connectivity index (χ1v) is 23.5. The van der Waals surface area contributed by atoms with Crippen LogP contribution in [0.5, 0.6) is 0 Å². The van der Waals surface area contributed by atoms with E-state index in [1.54, 1.807) is 31.3 Å². The third kappa shape index (κ3) is 8.05. The fourth-order valence-corrected chi connectivity index (χ4v) is 11.9. The van der Waals surface area contributed by atoms with Crippen LogP contribution >= 0.6 is 23.2 Å². The average molecular weight is 932 g/mol. The number of hydrogen-bond donors (Lipinski definition) is 4. The number of fused-ring (bicyclic) bond motifs is 4. The number of benzene rings is 3. The summed E-state index contributed by atoms with van der Waals surface area (Å²) in [6, 6.07) is 13.8. The second-order valence-corrected chi connectivity index (χ2v) is 19.1. The van der Waals surface area contributed by atoms with Crippen molar-refractivity contribution >= 4 is 69.5 Å². The molecule has 0 bridgehead atoms. The molecule has 4 amide bonds. The van der Waals surface area contributed by atoms with Crippen molar-refractivity contribution in [1.29, 1.82) is 0 Å². The van der Waals surface area contributed by atoms with Crippen molar-refractivity contribution in [2.45, 2.75) is 118 Å². The lowest BCUT2D eigenvalue weighted by Gasteiger charge is -2.47. The van der Waals surface area contributed by atoms with Gasteiger partial charge in [0.25, 0.3) is 0 Å². The smallest absolute Gasteiger partial charge is 0.329 e. The Balaban J connectivity index is 0.776. The number of rotatable bonds is 12. The number of esters is 1. The van der Waals surface area contributed by atoms with Crippen LogP contribution in [0.25, 0.3) is 11.0 Å². The number of nitrogens with zero attached hydrogens (tertiary/aromatic N) is 2. The predicted octanol–water partition coefficient (Wildman–Crippen LogP) is 6.28. The lowest BCUT2D eigenvalue weighted by Crippen LogP contribution is -2.60. The monoisotopic (exact) mass is 930 g/mol. The number of carbonyl (C=O) groups excluding carboxylic acids is 5. The Bertz CT molecular complexity index is 2620. The number of anilines is 1. The summed E-state index contributed by atoms with van der Waals surface area (Å²) in [7, 11) is 1.66. The molecular weight excluding hydrogens is 878 g/mol. The van der Waals surface area contributed by atoms with E-state index < -0.39 is 40.7 Å². The molecule has 2 aliphatic carbocycles. The van der Waals surface area contributed by atoms with E-state index in [-0.39, 0.29) is 78.0 Å². The molecule has 344 valence electrons. The van der Waals surface area contributed by atoms with E-state index in [4.69, 9.17) is 32.7 Å². The summed E-state index contributed by atoms with van der Waals surface area (Å²) < 4.78 is 30.6. The van der Waals surface area contributed by atoms with Crippen molar-refractivity contribution in [1.82, 2.24) is 25.1 Å². The number of aryl methyl sites for hydroxylation is 2. The molecule has 1 aromatic heterocycles. The van der Waals surface area contributed by atoms with Crippen molar-refractivity contribution in [3.8, 4) is 0 Å². The van der Waals surface area contributed by atoms with Crippen LogP contribution < -0.4 is 27.0 Å². The number of amides is 4. The molecule has 1 unspecified atom stereocenters. The zero-order chi connectivity index (χ0) is 45.6. The minimum atomic E-state index is -1.32. The highest BCUT2D eigenvalue weighted by molar-refractivity contribution is 6.31. The van der Waals surface area contributed by atoms with Crippen LogP contribution in [0.1, 0.15) is 106 Å². The molecule has 9 rings (SSSR count). The van der Waals surface area contributed by atoms with E-state index >= 15 is 4.39 Å². The Labute approximate surface area is 385 Å². The summed E-state index contributed by atoms with van der Waals surface area (Å²) in [4.78, 5) is 79.6. The summed E-state index contributed by atoms with van der Waals surface area (Å²) in [6.45, 7) is 0.782. The molecule has 2 spiro atoms. The summed E-state index contributed by atoms with van der Waals surface area (Å²) in [6.07, 6.45) is 7.87. The number of imidazole rings is 1. The molecule has 4 atom stereocenters. The summed E-state index contributed by atoms with van der Waals surface area (Å²) >= 11 is 12.8. The van der Waals surface area contributed by atoms with Gasteiger partial charge < -0.3 is 20.1 Å². The van der Waals surface area contributed by atoms with Crippen molar-refractivity contribution in [3.05, 3.63) is 97.6 Å². The third-order valence-electron chi connectivity index (χ3n) is 14.6. The molecule has 4 heterocycles. The van der Waals surface area contributed by atoms with Crippen LogP contribution in [0, 0.1) is 11.7 Å². The second-order valence-electron chi connectivity index (χ2n) is 18.3. The maximum Gasteiger partial charge on any atom is 0.329 e. The molecule has 65 heavy (non-hydrogen) atoms. The molecule has 0 radical (unpaired) electrons. The Kier molecular flexibility index (Phi) is 12.7. The molecule has 2 saturated heterocycles. The Morgan fingerprint density at radius 2 is 1.68 bits per heavy atom. The van der Waals surface area contributed by atoms with Crippen LogP contribution in [0.3, 0.4) is 0 Å². The van der Waals surface area contributed by atoms with Crippen LogP contribution in [0.2, 0.25) is 10.0 Å². The number of aromatic nitrogens is 2. The maximum atomic E-state index is 16.3. The molecular formula is C48H53Cl2FN6O8. The van der Waals surface area contributed by atoms with Gasteiger partial charge in [0.15, 0.2) is 0 Å². The molecule has 4 aromatic rings. The first-order chi connectivity index (χ1) is 31.3. The van der Waals surface area contributed by atoms with Crippen molar-refractivity contribution in [3.63, 3.8) is 0 Å². The fraction of sp³-hybridized carbons (Fsp3) is 0.500. The molecule has 4 N–H and O–H groups in total. The first kappa shape index (κ1) is 45.1. The van der Waals surface area contributed by atoms with Crippen LogP contribution in [0.15, 0.2) is 59.4 Å². The standard InChI is InChI=1S/C48H53Cl2FN6O8/c1-56-37-25-27(10-17-35(37)57(46(56)63)36-18-19-38(58)54-42(36)59)7-6-22-64-23-24-65-44(61)28-11-14-30(15-12-28)52-43(60)41-39(31-8-5-9-33(50)40(31)51)48(47(55-41)20-3-2-4-21-47)32-16-13-29(49)26-34(32)53-45(48)62/h5,8-10,13,16-17,25-26,28,30,36,39,41,55H,2-4,6-7,11-12,14-15,18-24H2,1H3,(H,52,60)(H,53,62)(H,54,58,59)/t28?,30?,36?,39-,41+,48+/m0/s1. The fourth-order valence-electron chi connectivity index (χ4n) is 11.6. The normalized spacial score (nSPS) is 26.0. The highest BCUT2D eigenvalue weighted by atomic mass is 35.5. The van der Waals surface area contributed by atoms with Gasteiger partial charge in [-0.1, -0.05) is 66.7 Å². The summed E-state index contributed by atoms with van der Waals surface area (Å²) in [5.74, 6) is -3.64. The maximum absolute atomic E-state index is 16.3. The Morgan fingerprint density at radius 3 is 2.45 bits per heavy atom. The van der Waals surface area contributed by atoms with Gasteiger partial charge in [-0.2, -0.15) is 0 Å². The average Bonchev–Trinajstić information content (AvgIpc) is 3.84. The zero-order valence-electron chi connectivity index (χ0n) is 36.2. The minimum absolute atomic E-state index is 0.0867. The molecule has 17 heteroatoms. The van der Waals surface area contributed by atoms with E-state index in [0.717, 1.165) is 24.8 Å². The quantitative estimate of drug-likeness (QED) is 0.0724. The van der Waals surface area contributed by atoms with Crippen LogP contribution in [0.4, 0.5) is 10.1 Å². The highest BCUT2D eigenvalue weighted by Crippen LogP contribution is 2.63. The minimum Gasteiger partial charge on any atom is -0.463 e. The summed E-state index contributed by atoms with van der Waals surface area (Å²) in [5, 5.41) is 12.7. The van der Waals surface area contributed by atoms with Gasteiger partial charge in [-0.05, 0) is 105 Å². The van der Waals surface area contributed by atoms with E-state index in [2.05, 4.69) is 21.3 Å². The zero-order valence-corrected chi connectivity index (χ0v) is 37.7. The molecule has 5 aliphatic rings. The van der Waals surface area contributed by atoms with Crippen LogP contribution in [-0.4, -0.2) is 76.2 Å². The van der Waals surface area contributed by atoms with Gasteiger partial charge in [0.1, 0.15) is 23.9 Å². The van der Waals surface area contributed by atoms with E-state index in [1.807, 2.05) is 24.3 Å². The lowest BCUT2D eigenvalue weighted by molar-refractivity contribution is -0.151. The molecule has 3 aromatic carbocycles. The van der Waals surface area contributed by atoms with Gasteiger partial charge in [-0.15, -0.1) is 0 Å². The van der Waals surface area contributed by atoms with E-state index in [1.165, 1.54) is 15.2 Å². The van der Waals surface area contributed by atoms with E-state index in [0.29, 0.717) is 85.3 Å². The third-order valence-corrected chi connectivity index (χ3v) is 15.1. The van der Waals surface area contributed by atoms with Gasteiger partial charge in [0.2, 0.25) is 23.6 Å². The number of hydrogen-bond acceptors (Lipinski definition) is 9. The van der Waals surface area contributed by atoms with Crippen LogP contribution in [-0.2, 0) is 52.3 Å². The highest BCUT2D eigenvalue weighted by Gasteiger charge is 2.72. The summed E-state index contributed by atoms with van der Waals surface area (Å²) in [5.41, 5.74) is 1.31. The van der Waals surface area contributed by atoms with Gasteiger partial charge >= 0.3 is 11.7 Å². The van der Waals surface area contributed by atoms with Crippen molar-refractivity contribution in [2.75, 3.05) is 25.1 Å². The van der Waals surface area contributed by atoms with Gasteiger partial charge in [-0.25, -0.2) is 9.18 Å². The van der Waals surface area contributed by atoms with E-state index in [9.17, 15) is 28.8 Å².